The van der Waals surface area contributed by atoms with Crippen molar-refractivity contribution in [2.24, 2.45) is 0 Å². The minimum atomic E-state index is -1.75. The molecule has 0 aromatic heterocycles. The van der Waals surface area contributed by atoms with Crippen molar-refractivity contribution >= 4 is 27.3 Å². The SMILES string of the molecule is O.O.O.O.O.O=[N+]([O-])[O-].O=[N+]([O-])[O-].[Pb+2]. The zero-order valence-electron chi connectivity index (χ0n) is 6.34. The van der Waals surface area contributed by atoms with Gasteiger partial charge in [0.15, 0.2) is 0 Å². The normalized spacial score (nSPS) is 3.43. The smallest absolute Gasteiger partial charge is 0.412 e. The quantitative estimate of drug-likeness (QED) is 0.209. The molecule has 14 heteroatoms. The molecule has 0 saturated heterocycles. The Morgan fingerprint density at radius 2 is 0.571 bits per heavy atom. The summed E-state index contributed by atoms with van der Waals surface area (Å²) in [6, 6.07) is 0. The summed E-state index contributed by atoms with van der Waals surface area (Å²) in [5.74, 6) is 0. The van der Waals surface area contributed by atoms with Crippen molar-refractivity contribution in [1.82, 2.24) is 0 Å². The number of nitrogens with zero attached hydrogens (tertiary/aromatic N) is 2. The van der Waals surface area contributed by atoms with Crippen molar-refractivity contribution in [2.45, 2.75) is 0 Å². The third-order valence-electron chi connectivity index (χ3n) is 0. The summed E-state index contributed by atoms with van der Waals surface area (Å²) in [5.41, 5.74) is 0. The van der Waals surface area contributed by atoms with Gasteiger partial charge in [0, 0.05) is 0 Å². The van der Waals surface area contributed by atoms with E-state index in [1.54, 1.807) is 0 Å². The van der Waals surface area contributed by atoms with Crippen molar-refractivity contribution in [1.29, 1.82) is 0 Å². The van der Waals surface area contributed by atoms with E-state index in [4.69, 9.17) is 30.6 Å². The molecule has 0 unspecified atom stereocenters. The molecular formula is H10N2O11Pb. The first kappa shape index (κ1) is 73.5. The molecule has 0 aromatic carbocycles. The Labute approximate surface area is 95.9 Å². The van der Waals surface area contributed by atoms with Gasteiger partial charge in [-0.2, -0.15) is 0 Å². The molecule has 14 heavy (non-hydrogen) atoms. The second-order valence-electron chi connectivity index (χ2n) is 0.447. The summed E-state index contributed by atoms with van der Waals surface area (Å²) >= 11 is 0. The molecule has 10 N–H and O–H groups in total. The third kappa shape index (κ3) is 1480. The van der Waals surface area contributed by atoms with Crippen molar-refractivity contribution in [2.75, 3.05) is 0 Å². The Kier molecular flexibility index (Phi) is 300. The molecule has 13 nitrogen and oxygen atoms in total. The summed E-state index contributed by atoms with van der Waals surface area (Å²) in [6.45, 7) is 0. The van der Waals surface area contributed by atoms with Gasteiger partial charge in [0.05, 0.1) is 10.2 Å². The van der Waals surface area contributed by atoms with Crippen LogP contribution in [-0.4, -0.2) is 64.9 Å². The van der Waals surface area contributed by atoms with E-state index in [0.717, 1.165) is 0 Å². The average Bonchev–Trinajstić information content (AvgIpc) is 1.25. The van der Waals surface area contributed by atoms with E-state index in [1.807, 2.05) is 0 Å². The molecule has 0 heterocycles. The molecule has 0 atom stereocenters. The Balaban J connectivity index is -0.00000000600. The molecule has 0 rings (SSSR count). The van der Waals surface area contributed by atoms with Crippen LogP contribution in [0.3, 0.4) is 0 Å². The van der Waals surface area contributed by atoms with Crippen LogP contribution in [0, 0.1) is 30.6 Å². The molecule has 0 amide bonds. The largest absolute Gasteiger partial charge is 2.00 e. The molecule has 90 valence electrons. The molecule has 0 aliphatic heterocycles. The van der Waals surface area contributed by atoms with E-state index in [-0.39, 0.29) is 54.7 Å². The fourth-order valence-electron chi connectivity index (χ4n) is 0. The summed E-state index contributed by atoms with van der Waals surface area (Å²) in [6.07, 6.45) is 0. The van der Waals surface area contributed by atoms with Crippen LogP contribution in [0.4, 0.5) is 0 Å². The number of hydrogen-bond donors (Lipinski definition) is 0. The van der Waals surface area contributed by atoms with Crippen molar-refractivity contribution in [3.8, 4) is 0 Å². The predicted molar refractivity (Wildman–Crippen MR) is 44.5 cm³/mol. The number of hydrogen-bond acceptors (Lipinski definition) is 6. The van der Waals surface area contributed by atoms with E-state index in [2.05, 4.69) is 0 Å². The summed E-state index contributed by atoms with van der Waals surface area (Å²) in [4.78, 5) is 16.5. The first-order valence-corrected chi connectivity index (χ1v) is 1.10. The van der Waals surface area contributed by atoms with E-state index in [9.17, 15) is 0 Å². The molecule has 0 saturated carbocycles. The van der Waals surface area contributed by atoms with E-state index in [1.165, 1.54) is 0 Å². The van der Waals surface area contributed by atoms with Gasteiger partial charge >= 0.3 is 27.3 Å². The van der Waals surface area contributed by atoms with Gasteiger partial charge in [-0.15, -0.1) is 0 Å². The van der Waals surface area contributed by atoms with Crippen LogP contribution < -0.4 is 0 Å². The standard InChI is InChI=1S/2NO3.5H2O.Pb/c2*2-1(3)4;;;;;;/h;;5*1H2;/q2*-1;;;;;;+2. The maximum absolute atomic E-state index is 8.25. The van der Waals surface area contributed by atoms with Gasteiger partial charge in [0.25, 0.3) is 0 Å². The summed E-state index contributed by atoms with van der Waals surface area (Å²) in [7, 11) is 0. The van der Waals surface area contributed by atoms with Gasteiger partial charge in [-0.25, -0.2) is 0 Å². The van der Waals surface area contributed by atoms with Crippen LogP contribution in [-0.2, 0) is 0 Å². The van der Waals surface area contributed by atoms with Gasteiger partial charge in [-0.05, 0) is 0 Å². The van der Waals surface area contributed by atoms with Crippen LogP contribution in [0.2, 0.25) is 0 Å². The van der Waals surface area contributed by atoms with Crippen molar-refractivity contribution in [3.63, 3.8) is 0 Å². The van der Waals surface area contributed by atoms with E-state index >= 15 is 0 Å². The molecule has 0 aliphatic carbocycles. The minimum Gasteiger partial charge on any atom is -0.412 e. The molecule has 0 aliphatic rings. The second kappa shape index (κ2) is 57.2. The Hall–Kier alpha value is -0.878. The van der Waals surface area contributed by atoms with Gasteiger partial charge in [-0.1, -0.05) is 0 Å². The maximum Gasteiger partial charge on any atom is 2.00 e. The second-order valence-corrected chi connectivity index (χ2v) is 0.447. The van der Waals surface area contributed by atoms with E-state index in [0.29, 0.717) is 0 Å². The molecule has 2 radical (unpaired) electrons. The monoisotopic (exact) mass is 422 g/mol. The molecule has 0 spiro atoms. The van der Waals surface area contributed by atoms with Crippen LogP contribution in [0.1, 0.15) is 0 Å². The van der Waals surface area contributed by atoms with Crippen molar-refractivity contribution in [3.05, 3.63) is 30.6 Å². The van der Waals surface area contributed by atoms with E-state index < -0.39 is 10.2 Å². The van der Waals surface area contributed by atoms with Crippen LogP contribution in [0.5, 0.6) is 0 Å². The predicted octanol–water partition coefficient (Wildman–Crippen LogP) is -4.98. The summed E-state index contributed by atoms with van der Waals surface area (Å²) in [5, 5.41) is 29.5. The number of rotatable bonds is 0. The topological polar surface area (TPSA) is 290 Å². The van der Waals surface area contributed by atoms with Crippen LogP contribution in [0.25, 0.3) is 0 Å². The first-order valence-electron chi connectivity index (χ1n) is 1.10. The third-order valence-corrected chi connectivity index (χ3v) is 0. The Morgan fingerprint density at radius 1 is 0.571 bits per heavy atom. The van der Waals surface area contributed by atoms with Gasteiger partial charge < -0.3 is 58.0 Å². The van der Waals surface area contributed by atoms with Crippen molar-refractivity contribution < 1.29 is 37.6 Å². The first-order chi connectivity index (χ1) is 3.46. The van der Waals surface area contributed by atoms with Gasteiger partial charge in [0.2, 0.25) is 0 Å². The van der Waals surface area contributed by atoms with Gasteiger partial charge in [-0.3, -0.25) is 0 Å². The Bertz CT molecular complexity index is 71.3. The molecule has 0 aromatic rings. The van der Waals surface area contributed by atoms with Crippen LogP contribution in [0.15, 0.2) is 0 Å². The molecule has 0 bridgehead atoms. The zero-order chi connectivity index (χ0) is 7.15. The average molecular weight is 421 g/mol. The fourth-order valence-corrected chi connectivity index (χ4v) is 0. The fraction of sp³-hybridized carbons (Fsp3) is 0. The summed E-state index contributed by atoms with van der Waals surface area (Å²) < 4.78 is 0. The molecule has 0 fully saturated rings. The zero-order valence-corrected chi connectivity index (χ0v) is 10.2. The molecular weight excluding hydrogens is 411 g/mol. The minimum absolute atomic E-state index is 0. The van der Waals surface area contributed by atoms with Crippen LogP contribution >= 0.6 is 0 Å². The maximum atomic E-state index is 8.25. The van der Waals surface area contributed by atoms with Gasteiger partial charge in [0.1, 0.15) is 0 Å². The Morgan fingerprint density at radius 3 is 0.571 bits per heavy atom.